The Bertz CT molecular complexity index is 870. The number of carbonyl (C=O) groups excluding carboxylic acids is 1. The van der Waals surface area contributed by atoms with Crippen LogP contribution in [0.3, 0.4) is 0 Å². The molecule has 1 amide bonds. The standard InChI is InChI=1S/C19H21FN4OS/c1-18(2)13-8-9-19(18,3)16-15(13)23-24-17(22-16)26-10-14(25)21-12-6-4-11(20)5-7-12/h4-7,13H,8-10H2,1-3H3,(H,21,25)/t13-,19+/m0/s1. The maximum Gasteiger partial charge on any atom is 0.234 e. The van der Waals surface area contributed by atoms with Crippen LogP contribution in [0.2, 0.25) is 0 Å². The second-order valence-corrected chi connectivity index (χ2v) is 8.76. The highest BCUT2D eigenvalue weighted by Gasteiger charge is 2.61. The summed E-state index contributed by atoms with van der Waals surface area (Å²) in [5.41, 5.74) is 2.81. The van der Waals surface area contributed by atoms with Crippen LogP contribution < -0.4 is 5.32 Å². The number of nitrogens with one attached hydrogen (secondary N) is 1. The van der Waals surface area contributed by atoms with Gasteiger partial charge in [-0.05, 0) is 42.5 Å². The summed E-state index contributed by atoms with van der Waals surface area (Å²) in [7, 11) is 0. The predicted molar refractivity (Wildman–Crippen MR) is 98.7 cm³/mol. The smallest absolute Gasteiger partial charge is 0.234 e. The lowest BCUT2D eigenvalue weighted by Crippen LogP contribution is -2.32. The first-order chi connectivity index (χ1) is 12.3. The van der Waals surface area contributed by atoms with E-state index < -0.39 is 0 Å². The topological polar surface area (TPSA) is 67.8 Å². The summed E-state index contributed by atoms with van der Waals surface area (Å²) in [6, 6.07) is 5.69. The molecule has 1 N–H and O–H groups in total. The number of nitrogens with zero attached hydrogens (tertiary/aromatic N) is 3. The first-order valence-electron chi connectivity index (χ1n) is 8.74. The fourth-order valence-corrected chi connectivity index (χ4v) is 4.87. The summed E-state index contributed by atoms with van der Waals surface area (Å²) in [6.45, 7) is 6.84. The minimum absolute atomic E-state index is 0.0224. The van der Waals surface area contributed by atoms with Crippen LogP contribution in [-0.2, 0) is 10.2 Å². The van der Waals surface area contributed by atoms with Gasteiger partial charge < -0.3 is 5.32 Å². The van der Waals surface area contributed by atoms with Crippen LogP contribution in [0.4, 0.5) is 10.1 Å². The van der Waals surface area contributed by atoms with E-state index in [2.05, 4.69) is 36.3 Å². The number of thioether (sulfide) groups is 1. The summed E-state index contributed by atoms with van der Waals surface area (Å²) < 4.78 is 12.9. The van der Waals surface area contributed by atoms with Gasteiger partial charge in [0.25, 0.3) is 0 Å². The maximum atomic E-state index is 12.9. The van der Waals surface area contributed by atoms with E-state index in [1.54, 1.807) is 0 Å². The lowest BCUT2D eigenvalue weighted by atomic mass is 9.70. The fourth-order valence-electron chi connectivity index (χ4n) is 4.28. The molecule has 0 unspecified atom stereocenters. The molecule has 1 heterocycles. The zero-order valence-corrected chi connectivity index (χ0v) is 15.9. The quantitative estimate of drug-likeness (QED) is 0.824. The van der Waals surface area contributed by atoms with Crippen LogP contribution in [-0.4, -0.2) is 26.8 Å². The molecule has 2 aliphatic rings. The van der Waals surface area contributed by atoms with Gasteiger partial charge in [-0.15, -0.1) is 5.10 Å². The van der Waals surface area contributed by atoms with Crippen molar-refractivity contribution in [2.45, 2.75) is 50.1 Å². The molecule has 2 bridgehead atoms. The van der Waals surface area contributed by atoms with Gasteiger partial charge in [0, 0.05) is 17.0 Å². The molecule has 1 saturated carbocycles. The molecule has 0 aliphatic heterocycles. The minimum Gasteiger partial charge on any atom is -0.325 e. The first kappa shape index (κ1) is 17.4. The maximum absolute atomic E-state index is 12.9. The zero-order valence-electron chi connectivity index (χ0n) is 15.0. The second kappa shape index (κ2) is 6.01. The van der Waals surface area contributed by atoms with E-state index in [1.165, 1.54) is 36.0 Å². The Labute approximate surface area is 156 Å². The highest BCUT2D eigenvalue weighted by molar-refractivity contribution is 7.99. The van der Waals surface area contributed by atoms with Crippen LogP contribution in [0.15, 0.2) is 29.4 Å². The van der Waals surface area contributed by atoms with Crippen molar-refractivity contribution in [3.63, 3.8) is 0 Å². The van der Waals surface area contributed by atoms with Crippen LogP contribution in [0.1, 0.15) is 50.9 Å². The number of halogens is 1. The van der Waals surface area contributed by atoms with Gasteiger partial charge in [-0.2, -0.15) is 5.10 Å². The minimum atomic E-state index is -0.333. The number of rotatable bonds is 4. The van der Waals surface area contributed by atoms with Gasteiger partial charge in [0.1, 0.15) is 5.82 Å². The molecule has 0 spiro atoms. The number of aromatic nitrogens is 3. The van der Waals surface area contributed by atoms with E-state index in [1.807, 2.05) is 0 Å². The Balaban J connectivity index is 1.45. The summed E-state index contributed by atoms with van der Waals surface area (Å²) in [4.78, 5) is 16.9. The van der Waals surface area contributed by atoms with E-state index in [9.17, 15) is 9.18 Å². The average molecular weight is 372 g/mol. The Morgan fingerprint density at radius 1 is 1.27 bits per heavy atom. The number of amides is 1. The van der Waals surface area contributed by atoms with Crippen molar-refractivity contribution in [1.82, 2.24) is 15.2 Å². The molecule has 1 aromatic carbocycles. The Morgan fingerprint density at radius 2 is 2.00 bits per heavy atom. The van der Waals surface area contributed by atoms with E-state index in [0.717, 1.165) is 24.2 Å². The van der Waals surface area contributed by atoms with E-state index in [-0.39, 0.29) is 28.3 Å². The molecular formula is C19H21FN4OS. The fraction of sp³-hybridized carbons (Fsp3) is 0.474. The average Bonchev–Trinajstić information content (AvgIpc) is 2.94. The van der Waals surface area contributed by atoms with E-state index in [0.29, 0.717) is 16.8 Å². The molecule has 0 radical (unpaired) electrons. The highest BCUT2D eigenvalue weighted by Crippen LogP contribution is 2.66. The molecule has 2 atom stereocenters. The van der Waals surface area contributed by atoms with Crippen molar-refractivity contribution in [2.75, 3.05) is 11.1 Å². The lowest BCUT2D eigenvalue weighted by molar-refractivity contribution is -0.113. The van der Waals surface area contributed by atoms with Crippen LogP contribution in [0, 0.1) is 11.2 Å². The Morgan fingerprint density at radius 3 is 2.73 bits per heavy atom. The molecule has 2 aromatic rings. The molecule has 2 aliphatic carbocycles. The van der Waals surface area contributed by atoms with Crippen molar-refractivity contribution in [2.24, 2.45) is 5.41 Å². The van der Waals surface area contributed by atoms with Gasteiger partial charge in [-0.3, -0.25) is 4.79 Å². The van der Waals surface area contributed by atoms with Gasteiger partial charge >= 0.3 is 0 Å². The van der Waals surface area contributed by atoms with Crippen molar-refractivity contribution in [3.8, 4) is 0 Å². The number of benzene rings is 1. The van der Waals surface area contributed by atoms with Crippen LogP contribution in [0.25, 0.3) is 0 Å². The van der Waals surface area contributed by atoms with Gasteiger partial charge in [-0.25, -0.2) is 9.37 Å². The molecular weight excluding hydrogens is 351 g/mol. The first-order valence-corrected chi connectivity index (χ1v) is 9.73. The molecule has 136 valence electrons. The molecule has 1 fully saturated rings. The third kappa shape index (κ3) is 2.60. The summed E-state index contributed by atoms with van der Waals surface area (Å²) in [5, 5.41) is 11.9. The molecule has 4 rings (SSSR count). The van der Waals surface area contributed by atoms with Crippen molar-refractivity contribution in [3.05, 3.63) is 41.5 Å². The Kier molecular flexibility index (Phi) is 4.02. The highest BCUT2D eigenvalue weighted by atomic mass is 32.2. The molecule has 7 heteroatoms. The lowest BCUT2D eigenvalue weighted by Gasteiger charge is -2.33. The number of hydrogen-bond donors (Lipinski definition) is 1. The van der Waals surface area contributed by atoms with E-state index in [4.69, 9.17) is 4.98 Å². The van der Waals surface area contributed by atoms with Crippen LogP contribution in [0.5, 0.6) is 0 Å². The van der Waals surface area contributed by atoms with Crippen molar-refractivity contribution < 1.29 is 9.18 Å². The van der Waals surface area contributed by atoms with Gasteiger partial charge in [-0.1, -0.05) is 32.5 Å². The third-order valence-electron chi connectivity index (χ3n) is 6.23. The predicted octanol–water partition coefficient (Wildman–Crippen LogP) is 3.92. The van der Waals surface area contributed by atoms with Gasteiger partial charge in [0.05, 0.1) is 17.1 Å². The largest absolute Gasteiger partial charge is 0.325 e. The van der Waals surface area contributed by atoms with Crippen molar-refractivity contribution in [1.29, 1.82) is 0 Å². The monoisotopic (exact) mass is 372 g/mol. The van der Waals surface area contributed by atoms with Crippen LogP contribution >= 0.6 is 11.8 Å². The van der Waals surface area contributed by atoms with E-state index >= 15 is 0 Å². The molecule has 5 nitrogen and oxygen atoms in total. The number of hydrogen-bond acceptors (Lipinski definition) is 5. The SMILES string of the molecule is CC1(C)[C@H]2CC[C@]1(C)c1nc(SCC(=O)Nc3ccc(F)cc3)nnc12. The second-order valence-electron chi connectivity index (χ2n) is 7.82. The normalized spacial score (nSPS) is 25.2. The van der Waals surface area contributed by atoms with Gasteiger partial charge in [0.15, 0.2) is 0 Å². The third-order valence-corrected chi connectivity index (χ3v) is 7.07. The van der Waals surface area contributed by atoms with Gasteiger partial charge in [0.2, 0.25) is 11.1 Å². The number of carbonyl (C=O) groups is 1. The summed E-state index contributed by atoms with van der Waals surface area (Å²) in [5.74, 6) is 0.0873. The zero-order chi connectivity index (χ0) is 18.5. The number of anilines is 1. The summed E-state index contributed by atoms with van der Waals surface area (Å²) in [6.07, 6.45) is 2.25. The molecule has 1 aromatic heterocycles. The summed E-state index contributed by atoms with van der Waals surface area (Å²) >= 11 is 1.27. The Hall–Kier alpha value is -2.02. The van der Waals surface area contributed by atoms with Crippen molar-refractivity contribution >= 4 is 23.4 Å². The molecule has 0 saturated heterocycles. The number of fused-ring (bicyclic) bond motifs is 5. The molecule has 26 heavy (non-hydrogen) atoms.